The molecule has 0 aromatic heterocycles. The van der Waals surface area contributed by atoms with E-state index in [1.165, 1.54) is 6.07 Å². The largest absolute Gasteiger partial charge is 0.394 e. The number of halogens is 2. The van der Waals surface area contributed by atoms with Gasteiger partial charge in [0.05, 0.1) is 6.04 Å². The van der Waals surface area contributed by atoms with Crippen LogP contribution in [0.3, 0.4) is 0 Å². The Morgan fingerprint density at radius 3 is 2.56 bits per heavy atom. The van der Waals surface area contributed by atoms with Crippen molar-refractivity contribution >= 4 is 27.3 Å². The van der Waals surface area contributed by atoms with Crippen molar-refractivity contribution in [2.45, 2.75) is 13.0 Å². The Bertz CT molecular complexity index is 657. The highest BCUT2D eigenvalue weighted by Crippen LogP contribution is 2.28. The molecule has 0 aliphatic carbocycles. The first-order chi connectivity index (χ1) is 8.43. The topological polar surface area (TPSA) is 72.2 Å². The number of benzene rings is 1. The van der Waals surface area contributed by atoms with Crippen LogP contribution in [0.25, 0.3) is 0 Å². The minimum absolute atomic E-state index is 0.0580. The van der Waals surface area contributed by atoms with Crippen molar-refractivity contribution in [1.82, 2.24) is 0 Å². The summed E-state index contributed by atoms with van der Waals surface area (Å²) >= 11 is 3.24. The third-order valence-electron chi connectivity index (χ3n) is 2.74. The third-order valence-corrected chi connectivity index (χ3v) is 3.43. The van der Waals surface area contributed by atoms with E-state index in [0.717, 1.165) is 0 Å². The molecule has 1 atom stereocenters. The van der Waals surface area contributed by atoms with Crippen LogP contribution in [0.4, 0.5) is 15.8 Å². The summed E-state index contributed by atoms with van der Waals surface area (Å²) in [6.45, 7) is 1.68. The summed E-state index contributed by atoms with van der Waals surface area (Å²) in [5, 5.41) is 2.76. The Hall–Kier alpha value is -1.69. The lowest BCUT2D eigenvalue weighted by molar-refractivity contribution is 0.598. The van der Waals surface area contributed by atoms with Gasteiger partial charge in [0.2, 0.25) is 0 Å². The molecule has 0 aliphatic heterocycles. The second-order valence-corrected chi connectivity index (χ2v) is 4.80. The zero-order valence-electron chi connectivity index (χ0n) is 9.46. The van der Waals surface area contributed by atoms with Crippen LogP contribution in [-0.4, -0.2) is 0 Å². The van der Waals surface area contributed by atoms with Gasteiger partial charge < -0.3 is 11.1 Å². The van der Waals surface area contributed by atoms with Gasteiger partial charge >= 0.3 is 0 Å². The first-order valence-electron chi connectivity index (χ1n) is 5.22. The molecule has 0 heterocycles. The molecule has 0 spiro atoms. The summed E-state index contributed by atoms with van der Waals surface area (Å²) < 4.78 is 14.3. The van der Waals surface area contributed by atoms with Gasteiger partial charge in [0.25, 0.3) is 10.9 Å². The fraction of sp³-hybridized carbons (Fsp3) is 0.167. The van der Waals surface area contributed by atoms with Gasteiger partial charge in [-0.2, -0.15) is 0 Å². The van der Waals surface area contributed by atoms with E-state index in [4.69, 9.17) is 5.73 Å². The summed E-state index contributed by atoms with van der Waals surface area (Å²) in [7, 11) is 0. The number of hydrogen-bond acceptors (Lipinski definition) is 4. The molecule has 6 heteroatoms. The van der Waals surface area contributed by atoms with Crippen LogP contribution in [0.5, 0.6) is 0 Å². The SMILES string of the molecule is CC(Nc1c(N)c(=O)c1=O)c1c(F)cccc1Br. The number of nitrogens with one attached hydrogen (secondary N) is 1. The van der Waals surface area contributed by atoms with E-state index in [9.17, 15) is 14.0 Å². The summed E-state index contributed by atoms with van der Waals surface area (Å²) in [5.41, 5.74) is 4.38. The van der Waals surface area contributed by atoms with Gasteiger partial charge in [0.1, 0.15) is 17.2 Å². The van der Waals surface area contributed by atoms with Gasteiger partial charge in [-0.25, -0.2) is 4.39 Å². The van der Waals surface area contributed by atoms with Crippen LogP contribution >= 0.6 is 15.9 Å². The molecule has 0 fully saturated rings. The van der Waals surface area contributed by atoms with Gasteiger partial charge in [-0.3, -0.25) is 9.59 Å². The number of nitrogens with two attached hydrogens (primary N) is 1. The standard InChI is InChI=1S/C12H10BrFN2O2/c1-5(8-6(13)3-2-4-7(8)14)16-10-9(15)11(17)12(10)18/h2-5,16H,15H2,1H3. The quantitative estimate of drug-likeness (QED) is 0.850. The number of nitrogen functional groups attached to an aromatic ring is 1. The lowest BCUT2D eigenvalue weighted by Gasteiger charge is -2.19. The average Bonchev–Trinajstić information content (AvgIpc) is 2.34. The summed E-state index contributed by atoms with van der Waals surface area (Å²) in [4.78, 5) is 22.2. The molecule has 3 N–H and O–H groups in total. The maximum atomic E-state index is 13.7. The molecule has 1 unspecified atom stereocenters. The molecule has 0 saturated heterocycles. The molecule has 18 heavy (non-hydrogen) atoms. The highest BCUT2D eigenvalue weighted by molar-refractivity contribution is 9.10. The van der Waals surface area contributed by atoms with E-state index < -0.39 is 22.7 Å². The predicted octanol–water partition coefficient (Wildman–Crippen LogP) is 1.94. The van der Waals surface area contributed by atoms with Crippen LogP contribution in [0, 0.1) is 5.82 Å². The fourth-order valence-corrected chi connectivity index (χ4v) is 2.45. The number of hydrogen-bond donors (Lipinski definition) is 2. The minimum atomic E-state index is -0.697. The van der Waals surface area contributed by atoms with E-state index in [0.29, 0.717) is 10.0 Å². The van der Waals surface area contributed by atoms with Gasteiger partial charge in [0, 0.05) is 10.0 Å². The van der Waals surface area contributed by atoms with Crippen molar-refractivity contribution in [3.05, 3.63) is 54.5 Å². The van der Waals surface area contributed by atoms with E-state index in [2.05, 4.69) is 21.2 Å². The van der Waals surface area contributed by atoms with E-state index in [-0.39, 0.29) is 11.4 Å². The van der Waals surface area contributed by atoms with Crippen LogP contribution < -0.4 is 21.9 Å². The second-order valence-electron chi connectivity index (χ2n) is 3.95. The number of anilines is 2. The first-order valence-corrected chi connectivity index (χ1v) is 6.02. The monoisotopic (exact) mass is 312 g/mol. The molecular formula is C12H10BrFN2O2. The molecule has 0 aliphatic rings. The minimum Gasteiger partial charge on any atom is -0.394 e. The first kappa shape index (κ1) is 12.8. The van der Waals surface area contributed by atoms with Crippen molar-refractivity contribution in [3.63, 3.8) is 0 Å². The lowest BCUT2D eigenvalue weighted by Crippen LogP contribution is -2.37. The summed E-state index contributed by atoms with van der Waals surface area (Å²) in [5.74, 6) is -0.401. The fourth-order valence-electron chi connectivity index (χ4n) is 1.77. The Balaban J connectivity index is 2.32. The molecule has 2 aromatic carbocycles. The molecule has 0 bridgehead atoms. The molecule has 4 nitrogen and oxygen atoms in total. The van der Waals surface area contributed by atoms with Crippen molar-refractivity contribution in [1.29, 1.82) is 0 Å². The molecule has 2 rings (SSSR count). The zero-order chi connectivity index (χ0) is 13.4. The molecule has 0 saturated carbocycles. The smallest absolute Gasteiger partial charge is 0.253 e. The molecule has 0 amide bonds. The highest BCUT2D eigenvalue weighted by Gasteiger charge is 2.22. The average molecular weight is 313 g/mol. The van der Waals surface area contributed by atoms with Gasteiger partial charge in [-0.1, -0.05) is 22.0 Å². The molecule has 94 valence electrons. The maximum Gasteiger partial charge on any atom is 0.253 e. The van der Waals surface area contributed by atoms with Crippen LogP contribution in [-0.2, 0) is 0 Å². The Morgan fingerprint density at radius 2 is 2.00 bits per heavy atom. The summed E-state index contributed by atoms with van der Waals surface area (Å²) in [6.07, 6.45) is 0. The van der Waals surface area contributed by atoms with Gasteiger partial charge in [-0.05, 0) is 19.1 Å². The van der Waals surface area contributed by atoms with Crippen molar-refractivity contribution in [2.24, 2.45) is 0 Å². The number of rotatable bonds is 3. The highest BCUT2D eigenvalue weighted by atomic mass is 79.9. The van der Waals surface area contributed by atoms with E-state index in [1.54, 1.807) is 19.1 Å². The van der Waals surface area contributed by atoms with E-state index in [1.807, 2.05) is 0 Å². The van der Waals surface area contributed by atoms with Crippen LogP contribution in [0.1, 0.15) is 18.5 Å². The van der Waals surface area contributed by atoms with Crippen LogP contribution in [0.2, 0.25) is 0 Å². The van der Waals surface area contributed by atoms with Crippen molar-refractivity contribution in [3.8, 4) is 0 Å². The normalized spacial score (nSPS) is 12.6. The molecule has 2 aromatic rings. The Kier molecular flexibility index (Phi) is 3.21. The second kappa shape index (κ2) is 4.53. The van der Waals surface area contributed by atoms with Crippen molar-refractivity contribution < 1.29 is 4.39 Å². The maximum absolute atomic E-state index is 13.7. The lowest BCUT2D eigenvalue weighted by atomic mass is 10.1. The Morgan fingerprint density at radius 1 is 1.33 bits per heavy atom. The Labute approximate surface area is 110 Å². The van der Waals surface area contributed by atoms with Crippen molar-refractivity contribution in [2.75, 3.05) is 11.1 Å². The van der Waals surface area contributed by atoms with E-state index >= 15 is 0 Å². The molecule has 0 radical (unpaired) electrons. The van der Waals surface area contributed by atoms with Gasteiger partial charge in [-0.15, -0.1) is 0 Å². The summed E-state index contributed by atoms with van der Waals surface area (Å²) in [6, 6.07) is 4.11. The molecular weight excluding hydrogens is 303 g/mol. The zero-order valence-corrected chi connectivity index (χ0v) is 11.0. The van der Waals surface area contributed by atoms with Gasteiger partial charge in [0.15, 0.2) is 0 Å². The van der Waals surface area contributed by atoms with Crippen LogP contribution in [0.15, 0.2) is 32.3 Å². The predicted molar refractivity (Wildman–Crippen MR) is 71.9 cm³/mol. The third kappa shape index (κ3) is 1.92.